The van der Waals surface area contributed by atoms with E-state index in [-0.39, 0.29) is 33.1 Å². The number of methoxy groups -OCH3 is 1. The maximum atomic E-state index is 14.0. The third kappa shape index (κ3) is 8.61. The number of unbranched alkanes of at least 4 members (excludes halogenated alkanes) is 1. The van der Waals surface area contributed by atoms with Gasteiger partial charge in [-0.15, -0.1) is 0 Å². The molecule has 0 aromatic heterocycles. The van der Waals surface area contributed by atoms with Crippen LogP contribution in [0, 0.1) is 6.92 Å². The van der Waals surface area contributed by atoms with Crippen molar-refractivity contribution >= 4 is 50.7 Å². The van der Waals surface area contributed by atoms with Gasteiger partial charge in [0.05, 0.1) is 17.7 Å². The van der Waals surface area contributed by atoms with Crippen molar-refractivity contribution in [3.63, 3.8) is 0 Å². The van der Waals surface area contributed by atoms with Crippen LogP contribution in [0.25, 0.3) is 0 Å². The average molecular weight is 621 g/mol. The first-order valence-electron chi connectivity index (χ1n) is 13.2. The standard InChI is InChI=1S/C30H35Cl2N3O5S/c1-5-6-15-33-30(37)22(3)34(19-23-9-11-27(40-4)12-10-23)29(36)20-35(26-17-24(31)16-25(32)18-26)41(38,39)28-13-7-21(2)8-14-28/h7-14,16-18,22H,5-6,15,19-20H2,1-4H3,(H,33,37). The molecule has 3 aromatic carbocycles. The fourth-order valence-corrected chi connectivity index (χ4v) is 6.01. The molecule has 0 aliphatic heterocycles. The van der Waals surface area contributed by atoms with Crippen LogP contribution in [0.4, 0.5) is 5.69 Å². The summed E-state index contributed by atoms with van der Waals surface area (Å²) in [6.07, 6.45) is 1.69. The minimum absolute atomic E-state index is 0.000871. The number of carbonyl (C=O) groups is 2. The second-order valence-electron chi connectivity index (χ2n) is 9.64. The lowest BCUT2D eigenvalue weighted by Crippen LogP contribution is -2.51. The van der Waals surface area contributed by atoms with E-state index < -0.39 is 28.5 Å². The molecule has 0 aliphatic carbocycles. The fraction of sp³-hybridized carbons (Fsp3) is 0.333. The number of aryl methyl sites for hydroxylation is 1. The van der Waals surface area contributed by atoms with Gasteiger partial charge in [-0.3, -0.25) is 13.9 Å². The molecule has 0 radical (unpaired) electrons. The number of ether oxygens (including phenoxy) is 1. The number of hydrogen-bond acceptors (Lipinski definition) is 5. The van der Waals surface area contributed by atoms with E-state index in [2.05, 4.69) is 5.32 Å². The maximum Gasteiger partial charge on any atom is 0.264 e. The van der Waals surface area contributed by atoms with Gasteiger partial charge in [-0.2, -0.15) is 0 Å². The summed E-state index contributed by atoms with van der Waals surface area (Å²) in [6, 6.07) is 16.9. The molecule has 0 saturated carbocycles. The lowest BCUT2D eigenvalue weighted by atomic mass is 10.1. The summed E-state index contributed by atoms with van der Waals surface area (Å²) in [7, 11) is -2.67. The molecule has 0 fully saturated rings. The minimum Gasteiger partial charge on any atom is -0.497 e. The predicted molar refractivity (Wildman–Crippen MR) is 163 cm³/mol. The topological polar surface area (TPSA) is 96.0 Å². The molecule has 8 nitrogen and oxygen atoms in total. The van der Waals surface area contributed by atoms with Crippen LogP contribution < -0.4 is 14.4 Å². The van der Waals surface area contributed by atoms with Gasteiger partial charge < -0.3 is 15.0 Å². The van der Waals surface area contributed by atoms with E-state index in [0.29, 0.717) is 12.3 Å². The molecule has 0 spiro atoms. The molecule has 1 atom stereocenters. The average Bonchev–Trinajstić information content (AvgIpc) is 2.94. The van der Waals surface area contributed by atoms with E-state index in [1.54, 1.807) is 50.4 Å². The van der Waals surface area contributed by atoms with Gasteiger partial charge in [0.25, 0.3) is 10.0 Å². The number of benzene rings is 3. The Morgan fingerprint density at radius 3 is 2.15 bits per heavy atom. The van der Waals surface area contributed by atoms with Gasteiger partial charge in [0.1, 0.15) is 18.3 Å². The maximum absolute atomic E-state index is 14.0. The van der Waals surface area contributed by atoms with E-state index in [4.69, 9.17) is 27.9 Å². The third-order valence-electron chi connectivity index (χ3n) is 6.53. The summed E-state index contributed by atoms with van der Waals surface area (Å²) in [5, 5.41) is 3.29. The lowest BCUT2D eigenvalue weighted by Gasteiger charge is -2.32. The van der Waals surface area contributed by atoms with Crippen LogP contribution >= 0.6 is 23.2 Å². The fourth-order valence-electron chi connectivity index (χ4n) is 4.10. The minimum atomic E-state index is -4.23. The van der Waals surface area contributed by atoms with Crippen molar-refractivity contribution in [1.29, 1.82) is 0 Å². The number of nitrogens with zero attached hydrogens (tertiary/aromatic N) is 2. The van der Waals surface area contributed by atoms with Gasteiger partial charge in [-0.25, -0.2) is 8.42 Å². The molecule has 41 heavy (non-hydrogen) atoms. The summed E-state index contributed by atoms with van der Waals surface area (Å²) < 4.78 is 34.0. The van der Waals surface area contributed by atoms with Gasteiger partial charge in [0, 0.05) is 23.1 Å². The summed E-state index contributed by atoms with van der Waals surface area (Å²) in [5.41, 5.74) is 1.75. The molecule has 0 saturated heterocycles. The Bertz CT molecular complexity index is 1430. The second-order valence-corrected chi connectivity index (χ2v) is 12.4. The number of rotatable bonds is 13. The van der Waals surface area contributed by atoms with Crippen LogP contribution in [-0.2, 0) is 26.2 Å². The van der Waals surface area contributed by atoms with Crippen LogP contribution in [0.3, 0.4) is 0 Å². The zero-order valence-electron chi connectivity index (χ0n) is 23.6. The smallest absolute Gasteiger partial charge is 0.264 e. The Balaban J connectivity index is 2.03. The Kier molecular flexibility index (Phi) is 11.5. The second kappa shape index (κ2) is 14.6. The third-order valence-corrected chi connectivity index (χ3v) is 8.76. The van der Waals surface area contributed by atoms with Gasteiger partial charge in [0.2, 0.25) is 11.8 Å². The largest absolute Gasteiger partial charge is 0.497 e. The lowest BCUT2D eigenvalue weighted by molar-refractivity contribution is -0.139. The first-order chi connectivity index (χ1) is 19.5. The van der Waals surface area contributed by atoms with E-state index in [9.17, 15) is 18.0 Å². The zero-order chi connectivity index (χ0) is 30.2. The van der Waals surface area contributed by atoms with Gasteiger partial charge in [0.15, 0.2) is 0 Å². The quantitative estimate of drug-likeness (QED) is 0.243. The Morgan fingerprint density at radius 1 is 0.976 bits per heavy atom. The van der Waals surface area contributed by atoms with Crippen molar-refractivity contribution in [2.24, 2.45) is 0 Å². The predicted octanol–water partition coefficient (Wildman–Crippen LogP) is 5.84. The Hall–Kier alpha value is -3.27. The van der Waals surface area contributed by atoms with Gasteiger partial charge in [-0.1, -0.05) is 66.4 Å². The first kappa shape index (κ1) is 32.2. The molecular weight excluding hydrogens is 585 g/mol. The summed E-state index contributed by atoms with van der Waals surface area (Å²) >= 11 is 12.5. The highest BCUT2D eigenvalue weighted by atomic mass is 35.5. The number of carbonyl (C=O) groups excluding carboxylic acids is 2. The molecule has 1 unspecified atom stereocenters. The van der Waals surface area contributed by atoms with Crippen LogP contribution in [0.1, 0.15) is 37.8 Å². The van der Waals surface area contributed by atoms with Crippen molar-refractivity contribution in [2.75, 3.05) is 24.5 Å². The monoisotopic (exact) mass is 619 g/mol. The van der Waals surface area contributed by atoms with Gasteiger partial charge in [-0.05, 0) is 68.3 Å². The SMILES string of the molecule is CCCCNC(=O)C(C)N(Cc1ccc(OC)cc1)C(=O)CN(c1cc(Cl)cc(Cl)c1)S(=O)(=O)c1ccc(C)cc1. The van der Waals surface area contributed by atoms with E-state index in [1.165, 1.54) is 35.2 Å². The van der Waals surface area contributed by atoms with E-state index in [0.717, 1.165) is 28.3 Å². The highest BCUT2D eigenvalue weighted by Crippen LogP contribution is 2.30. The molecule has 1 N–H and O–H groups in total. The van der Waals surface area contributed by atoms with Crippen molar-refractivity contribution in [1.82, 2.24) is 10.2 Å². The number of halogens is 2. The number of sulfonamides is 1. The molecule has 11 heteroatoms. The van der Waals surface area contributed by atoms with Crippen LogP contribution in [-0.4, -0.2) is 51.4 Å². The molecule has 3 aromatic rings. The first-order valence-corrected chi connectivity index (χ1v) is 15.4. The van der Waals surface area contributed by atoms with Crippen molar-refractivity contribution in [3.8, 4) is 5.75 Å². The molecule has 0 aliphatic rings. The summed E-state index contributed by atoms with van der Waals surface area (Å²) in [4.78, 5) is 28.4. The molecule has 0 heterocycles. The van der Waals surface area contributed by atoms with E-state index >= 15 is 0 Å². The highest BCUT2D eigenvalue weighted by molar-refractivity contribution is 7.92. The van der Waals surface area contributed by atoms with Crippen LogP contribution in [0.2, 0.25) is 10.0 Å². The van der Waals surface area contributed by atoms with Crippen molar-refractivity contribution < 1.29 is 22.7 Å². The molecular formula is C30H35Cl2N3O5S. The number of hydrogen-bond donors (Lipinski definition) is 1. The number of anilines is 1. The number of amides is 2. The Morgan fingerprint density at radius 2 is 1.59 bits per heavy atom. The molecule has 220 valence electrons. The molecule has 2 amide bonds. The van der Waals surface area contributed by atoms with Crippen molar-refractivity contribution in [2.45, 2.75) is 51.1 Å². The van der Waals surface area contributed by atoms with E-state index in [1.807, 2.05) is 13.8 Å². The van der Waals surface area contributed by atoms with Crippen molar-refractivity contribution in [3.05, 3.63) is 87.9 Å². The summed E-state index contributed by atoms with van der Waals surface area (Å²) in [5.74, 6) is -0.269. The van der Waals surface area contributed by atoms with Gasteiger partial charge >= 0.3 is 0 Å². The summed E-state index contributed by atoms with van der Waals surface area (Å²) in [6.45, 7) is 5.44. The number of nitrogens with one attached hydrogen (secondary N) is 1. The molecule has 3 rings (SSSR count). The van der Waals surface area contributed by atoms with Crippen LogP contribution in [0.5, 0.6) is 5.75 Å². The Labute approximate surface area is 252 Å². The zero-order valence-corrected chi connectivity index (χ0v) is 25.9. The van der Waals surface area contributed by atoms with Crippen LogP contribution in [0.15, 0.2) is 71.6 Å². The molecule has 0 bridgehead atoms. The normalized spacial score (nSPS) is 12.0. The highest BCUT2D eigenvalue weighted by Gasteiger charge is 2.32.